The molecule has 0 saturated heterocycles. The molecule has 100 valence electrons. The third-order valence-corrected chi connectivity index (χ3v) is 3.59. The summed E-state index contributed by atoms with van der Waals surface area (Å²) in [6.07, 6.45) is 0. The zero-order valence-electron chi connectivity index (χ0n) is 10.9. The lowest BCUT2D eigenvalue weighted by atomic mass is 10.1. The summed E-state index contributed by atoms with van der Waals surface area (Å²) < 4.78 is 0. The van der Waals surface area contributed by atoms with Crippen LogP contribution in [-0.4, -0.2) is 21.0 Å². The number of aromatic carboxylic acids is 1. The number of fused-ring (bicyclic) bond motifs is 4. The number of hydrogen-bond donors (Lipinski definition) is 1. The van der Waals surface area contributed by atoms with Crippen LogP contribution in [0.1, 0.15) is 10.4 Å². The SMILES string of the molecule is O=C(O)c1cccc2nc3c(ccc4ccccc43)nc12. The van der Waals surface area contributed by atoms with Crippen molar-refractivity contribution in [3.05, 3.63) is 60.2 Å². The van der Waals surface area contributed by atoms with E-state index < -0.39 is 5.97 Å². The third-order valence-electron chi connectivity index (χ3n) is 3.59. The molecule has 1 aromatic heterocycles. The molecular formula is C17H10N2O2. The molecule has 0 aliphatic carbocycles. The number of rotatable bonds is 1. The number of carbonyl (C=O) groups is 1. The Kier molecular flexibility index (Phi) is 2.38. The summed E-state index contributed by atoms with van der Waals surface area (Å²) in [5.41, 5.74) is 2.69. The predicted molar refractivity (Wildman–Crippen MR) is 81.5 cm³/mol. The Labute approximate surface area is 119 Å². The lowest BCUT2D eigenvalue weighted by Crippen LogP contribution is -2.00. The van der Waals surface area contributed by atoms with Crippen LogP contribution < -0.4 is 0 Å². The normalized spacial score (nSPS) is 11.2. The zero-order valence-corrected chi connectivity index (χ0v) is 10.9. The molecule has 0 bridgehead atoms. The molecule has 21 heavy (non-hydrogen) atoms. The Morgan fingerprint density at radius 1 is 0.810 bits per heavy atom. The third kappa shape index (κ3) is 1.73. The first-order chi connectivity index (χ1) is 10.2. The molecule has 4 rings (SSSR count). The van der Waals surface area contributed by atoms with E-state index in [1.807, 2.05) is 36.4 Å². The van der Waals surface area contributed by atoms with E-state index in [0.717, 1.165) is 16.3 Å². The van der Waals surface area contributed by atoms with Gasteiger partial charge < -0.3 is 5.11 Å². The number of aromatic nitrogens is 2. The Hall–Kier alpha value is -3.01. The fraction of sp³-hybridized carbons (Fsp3) is 0. The molecule has 4 aromatic rings. The van der Waals surface area contributed by atoms with Gasteiger partial charge in [0.25, 0.3) is 0 Å². The summed E-state index contributed by atoms with van der Waals surface area (Å²) in [7, 11) is 0. The van der Waals surface area contributed by atoms with E-state index in [0.29, 0.717) is 16.6 Å². The molecule has 0 aliphatic heterocycles. The van der Waals surface area contributed by atoms with Crippen LogP contribution in [0.25, 0.3) is 32.8 Å². The van der Waals surface area contributed by atoms with Gasteiger partial charge in [-0.2, -0.15) is 0 Å². The molecule has 4 heteroatoms. The lowest BCUT2D eigenvalue weighted by Gasteiger charge is -2.06. The van der Waals surface area contributed by atoms with E-state index in [1.165, 1.54) is 0 Å². The largest absolute Gasteiger partial charge is 0.478 e. The second kappa shape index (κ2) is 4.24. The van der Waals surface area contributed by atoms with Crippen LogP contribution in [0.4, 0.5) is 0 Å². The Balaban J connectivity index is 2.20. The number of hydrogen-bond acceptors (Lipinski definition) is 3. The maximum absolute atomic E-state index is 11.3. The van der Waals surface area contributed by atoms with E-state index in [-0.39, 0.29) is 5.56 Å². The maximum atomic E-state index is 11.3. The van der Waals surface area contributed by atoms with Gasteiger partial charge in [-0.3, -0.25) is 0 Å². The Morgan fingerprint density at radius 3 is 2.43 bits per heavy atom. The van der Waals surface area contributed by atoms with Gasteiger partial charge >= 0.3 is 5.97 Å². The minimum absolute atomic E-state index is 0.176. The van der Waals surface area contributed by atoms with Crippen LogP contribution in [0.3, 0.4) is 0 Å². The minimum atomic E-state index is -0.991. The van der Waals surface area contributed by atoms with Gasteiger partial charge in [0.1, 0.15) is 5.52 Å². The highest BCUT2D eigenvalue weighted by Crippen LogP contribution is 2.25. The Bertz CT molecular complexity index is 1020. The summed E-state index contributed by atoms with van der Waals surface area (Å²) in [6.45, 7) is 0. The minimum Gasteiger partial charge on any atom is -0.478 e. The first-order valence-corrected chi connectivity index (χ1v) is 6.55. The van der Waals surface area contributed by atoms with Gasteiger partial charge in [0.15, 0.2) is 0 Å². The average molecular weight is 274 g/mol. The average Bonchev–Trinajstić information content (AvgIpc) is 2.52. The zero-order chi connectivity index (χ0) is 14.4. The smallest absolute Gasteiger partial charge is 0.337 e. The van der Waals surface area contributed by atoms with Crippen molar-refractivity contribution in [2.45, 2.75) is 0 Å². The van der Waals surface area contributed by atoms with Gasteiger partial charge in [0.2, 0.25) is 0 Å². The molecule has 0 unspecified atom stereocenters. The number of benzene rings is 3. The number of para-hydroxylation sites is 1. The molecule has 0 spiro atoms. The highest BCUT2D eigenvalue weighted by Gasteiger charge is 2.12. The van der Waals surface area contributed by atoms with Crippen molar-refractivity contribution in [2.24, 2.45) is 0 Å². The summed E-state index contributed by atoms with van der Waals surface area (Å²) in [5.74, 6) is -0.991. The van der Waals surface area contributed by atoms with Crippen molar-refractivity contribution < 1.29 is 9.90 Å². The summed E-state index contributed by atoms with van der Waals surface area (Å²) >= 11 is 0. The van der Waals surface area contributed by atoms with Crippen LogP contribution in [-0.2, 0) is 0 Å². The van der Waals surface area contributed by atoms with Gasteiger partial charge in [-0.05, 0) is 23.6 Å². The summed E-state index contributed by atoms with van der Waals surface area (Å²) in [6, 6.07) is 16.8. The standard InChI is InChI=1S/C17H10N2O2/c20-17(21)12-6-3-7-13-16(12)19-14-9-8-10-4-1-2-5-11(10)15(14)18-13/h1-9H,(H,20,21). The van der Waals surface area contributed by atoms with E-state index in [4.69, 9.17) is 0 Å². The van der Waals surface area contributed by atoms with Crippen LogP contribution >= 0.6 is 0 Å². The van der Waals surface area contributed by atoms with Crippen molar-refractivity contribution in [3.63, 3.8) is 0 Å². The quantitative estimate of drug-likeness (QED) is 0.425. The van der Waals surface area contributed by atoms with Gasteiger partial charge in [-0.15, -0.1) is 0 Å². The molecule has 0 saturated carbocycles. The molecule has 0 fully saturated rings. The fourth-order valence-electron chi connectivity index (χ4n) is 2.60. The topological polar surface area (TPSA) is 63.1 Å². The molecule has 0 aliphatic rings. The van der Waals surface area contributed by atoms with Gasteiger partial charge in [0, 0.05) is 5.39 Å². The van der Waals surface area contributed by atoms with Crippen molar-refractivity contribution in [1.29, 1.82) is 0 Å². The first-order valence-electron chi connectivity index (χ1n) is 6.55. The monoisotopic (exact) mass is 274 g/mol. The number of carboxylic acids is 1. The molecule has 4 nitrogen and oxygen atoms in total. The molecule has 1 heterocycles. The van der Waals surface area contributed by atoms with Gasteiger partial charge in [-0.1, -0.05) is 36.4 Å². The number of nitrogens with zero attached hydrogens (tertiary/aromatic N) is 2. The van der Waals surface area contributed by atoms with Crippen LogP contribution in [0.2, 0.25) is 0 Å². The molecule has 0 amide bonds. The van der Waals surface area contributed by atoms with Crippen molar-refractivity contribution in [3.8, 4) is 0 Å². The predicted octanol–water partition coefficient (Wildman–Crippen LogP) is 3.63. The van der Waals surface area contributed by atoms with E-state index in [2.05, 4.69) is 9.97 Å². The van der Waals surface area contributed by atoms with Crippen LogP contribution in [0.5, 0.6) is 0 Å². The first kappa shape index (κ1) is 11.8. The second-order valence-electron chi connectivity index (χ2n) is 4.86. The molecule has 1 N–H and O–H groups in total. The van der Waals surface area contributed by atoms with Crippen molar-refractivity contribution in [1.82, 2.24) is 9.97 Å². The second-order valence-corrected chi connectivity index (χ2v) is 4.86. The van der Waals surface area contributed by atoms with Crippen LogP contribution in [0, 0.1) is 0 Å². The number of carboxylic acid groups (broad SMARTS) is 1. The summed E-state index contributed by atoms with van der Waals surface area (Å²) in [5, 5.41) is 11.4. The van der Waals surface area contributed by atoms with Crippen molar-refractivity contribution in [2.75, 3.05) is 0 Å². The molecular weight excluding hydrogens is 264 g/mol. The van der Waals surface area contributed by atoms with E-state index >= 15 is 0 Å². The highest BCUT2D eigenvalue weighted by atomic mass is 16.4. The van der Waals surface area contributed by atoms with Crippen molar-refractivity contribution >= 4 is 38.8 Å². The molecule has 3 aromatic carbocycles. The lowest BCUT2D eigenvalue weighted by molar-refractivity contribution is 0.0699. The van der Waals surface area contributed by atoms with Gasteiger partial charge in [-0.25, -0.2) is 14.8 Å². The van der Waals surface area contributed by atoms with Gasteiger partial charge in [0.05, 0.1) is 22.1 Å². The summed E-state index contributed by atoms with van der Waals surface area (Å²) in [4.78, 5) is 20.4. The van der Waals surface area contributed by atoms with E-state index in [1.54, 1.807) is 18.2 Å². The maximum Gasteiger partial charge on any atom is 0.337 e. The molecule has 0 radical (unpaired) electrons. The fourth-order valence-corrected chi connectivity index (χ4v) is 2.60. The Morgan fingerprint density at radius 2 is 1.57 bits per heavy atom. The van der Waals surface area contributed by atoms with Crippen LogP contribution in [0.15, 0.2) is 54.6 Å². The molecule has 0 atom stereocenters. The van der Waals surface area contributed by atoms with E-state index in [9.17, 15) is 9.90 Å². The highest BCUT2D eigenvalue weighted by molar-refractivity contribution is 6.08.